The van der Waals surface area contributed by atoms with E-state index >= 15 is 0 Å². The highest BCUT2D eigenvalue weighted by molar-refractivity contribution is 6.01. The minimum absolute atomic E-state index is 0.0566. The van der Waals surface area contributed by atoms with Crippen molar-refractivity contribution >= 4 is 11.6 Å². The molecular weight excluding hydrogens is 338 g/mol. The quantitative estimate of drug-likeness (QED) is 0.800. The molecule has 142 valence electrons. The van der Waals surface area contributed by atoms with E-state index in [1.54, 1.807) is 11.3 Å². The number of amides is 1. The summed E-state index contributed by atoms with van der Waals surface area (Å²) >= 11 is 0. The Balaban J connectivity index is 1.52. The first-order chi connectivity index (χ1) is 13.2. The minimum atomic E-state index is -0.0566. The summed E-state index contributed by atoms with van der Waals surface area (Å²) in [6.07, 6.45) is 6.64. The molecule has 2 aliphatic rings. The fourth-order valence-electron chi connectivity index (χ4n) is 4.02. The van der Waals surface area contributed by atoms with Gasteiger partial charge in [-0.1, -0.05) is 36.2 Å². The highest BCUT2D eigenvalue weighted by atomic mass is 16.3. The number of hydrazone groups is 1. The van der Waals surface area contributed by atoms with E-state index in [9.17, 15) is 4.79 Å². The molecule has 1 fully saturated rings. The van der Waals surface area contributed by atoms with Crippen molar-refractivity contribution in [2.45, 2.75) is 45.1 Å². The van der Waals surface area contributed by atoms with Gasteiger partial charge in [-0.15, -0.1) is 0 Å². The third kappa shape index (κ3) is 4.14. The van der Waals surface area contributed by atoms with Crippen LogP contribution in [0.3, 0.4) is 0 Å². The summed E-state index contributed by atoms with van der Waals surface area (Å²) in [5.74, 6) is 0.840. The zero-order valence-corrected chi connectivity index (χ0v) is 15.9. The van der Waals surface area contributed by atoms with E-state index in [0.717, 1.165) is 36.7 Å². The van der Waals surface area contributed by atoms with E-state index in [4.69, 9.17) is 4.42 Å². The third-order valence-electron chi connectivity index (χ3n) is 5.49. The van der Waals surface area contributed by atoms with E-state index < -0.39 is 0 Å². The summed E-state index contributed by atoms with van der Waals surface area (Å²) in [5.41, 5.74) is 3.17. The number of furan rings is 1. The summed E-state index contributed by atoms with van der Waals surface area (Å²) in [4.78, 5) is 15.4. The van der Waals surface area contributed by atoms with E-state index in [2.05, 4.69) is 35.1 Å². The second-order valence-electron chi connectivity index (χ2n) is 7.55. The number of carbonyl (C=O) groups excluding carboxylic acids is 1. The number of likely N-dealkylation sites (tertiary alicyclic amines) is 1. The number of aryl methyl sites for hydroxylation is 1. The van der Waals surface area contributed by atoms with Gasteiger partial charge in [-0.3, -0.25) is 4.79 Å². The zero-order chi connectivity index (χ0) is 18.6. The highest BCUT2D eigenvalue weighted by Crippen LogP contribution is 2.33. The number of carbonyl (C=O) groups is 1. The SMILES string of the molecule is Cc1cccc([C@H]2CC(c3ccco3)=NN2C(=O)CCN2CCCCC2)c1. The first-order valence-electron chi connectivity index (χ1n) is 9.93. The van der Waals surface area contributed by atoms with Crippen molar-refractivity contribution < 1.29 is 9.21 Å². The number of piperidine rings is 1. The lowest BCUT2D eigenvalue weighted by Crippen LogP contribution is -2.35. The Labute approximate surface area is 160 Å². The second-order valence-corrected chi connectivity index (χ2v) is 7.55. The van der Waals surface area contributed by atoms with Gasteiger partial charge >= 0.3 is 0 Å². The van der Waals surface area contributed by atoms with Crippen LogP contribution in [0.1, 0.15) is 55.0 Å². The van der Waals surface area contributed by atoms with Crippen molar-refractivity contribution in [1.82, 2.24) is 9.91 Å². The molecule has 0 radical (unpaired) electrons. The Bertz CT molecular complexity index is 807. The average molecular weight is 365 g/mol. The minimum Gasteiger partial charge on any atom is -0.463 e. The summed E-state index contributed by atoms with van der Waals surface area (Å²) in [5, 5.41) is 6.36. The van der Waals surface area contributed by atoms with E-state index in [1.165, 1.54) is 24.8 Å². The van der Waals surface area contributed by atoms with Crippen LogP contribution >= 0.6 is 0 Å². The Morgan fingerprint density at radius 3 is 2.78 bits per heavy atom. The number of hydrogen-bond acceptors (Lipinski definition) is 4. The van der Waals surface area contributed by atoms with Crippen molar-refractivity contribution in [3.05, 3.63) is 59.5 Å². The molecule has 1 aromatic heterocycles. The van der Waals surface area contributed by atoms with Gasteiger partial charge in [0.25, 0.3) is 0 Å². The Morgan fingerprint density at radius 2 is 2.04 bits per heavy atom. The molecule has 0 unspecified atom stereocenters. The molecule has 0 saturated carbocycles. The predicted molar refractivity (Wildman–Crippen MR) is 106 cm³/mol. The van der Waals surface area contributed by atoms with Crippen molar-refractivity contribution in [3.63, 3.8) is 0 Å². The molecule has 5 heteroatoms. The van der Waals surface area contributed by atoms with Crippen molar-refractivity contribution in [1.29, 1.82) is 0 Å². The molecule has 2 aliphatic heterocycles. The Morgan fingerprint density at radius 1 is 1.19 bits per heavy atom. The molecule has 0 bridgehead atoms. The summed E-state index contributed by atoms with van der Waals surface area (Å²) in [6, 6.07) is 12.1. The van der Waals surface area contributed by atoms with Crippen LogP contribution in [0.25, 0.3) is 0 Å². The number of nitrogens with zero attached hydrogens (tertiary/aromatic N) is 3. The lowest BCUT2D eigenvalue weighted by molar-refractivity contribution is -0.133. The van der Waals surface area contributed by atoms with Gasteiger partial charge in [-0.25, -0.2) is 5.01 Å². The van der Waals surface area contributed by atoms with Crippen molar-refractivity contribution in [2.24, 2.45) is 5.10 Å². The highest BCUT2D eigenvalue weighted by Gasteiger charge is 2.34. The van der Waals surface area contributed by atoms with E-state index in [0.29, 0.717) is 12.8 Å². The number of benzene rings is 1. The van der Waals surface area contributed by atoms with Gasteiger partial charge in [0.15, 0.2) is 0 Å². The lowest BCUT2D eigenvalue weighted by Gasteiger charge is -2.27. The van der Waals surface area contributed by atoms with Crippen LogP contribution in [0.4, 0.5) is 0 Å². The predicted octanol–water partition coefficient (Wildman–Crippen LogP) is 4.14. The molecule has 1 atom stereocenters. The van der Waals surface area contributed by atoms with Crippen LogP contribution in [-0.4, -0.2) is 41.2 Å². The molecule has 0 N–H and O–H groups in total. The number of rotatable bonds is 5. The summed E-state index contributed by atoms with van der Waals surface area (Å²) in [7, 11) is 0. The molecule has 5 nitrogen and oxygen atoms in total. The van der Waals surface area contributed by atoms with Gasteiger partial charge in [0.1, 0.15) is 11.5 Å². The van der Waals surface area contributed by atoms with Gasteiger partial charge in [0.2, 0.25) is 5.91 Å². The fourth-order valence-corrected chi connectivity index (χ4v) is 4.02. The molecule has 4 rings (SSSR count). The zero-order valence-electron chi connectivity index (χ0n) is 15.9. The van der Waals surface area contributed by atoms with Crippen molar-refractivity contribution in [2.75, 3.05) is 19.6 Å². The summed E-state index contributed by atoms with van der Waals surface area (Å²) < 4.78 is 5.53. The topological polar surface area (TPSA) is 49.1 Å². The maximum Gasteiger partial charge on any atom is 0.244 e. The molecular formula is C22H27N3O2. The van der Waals surface area contributed by atoms with Crippen molar-refractivity contribution in [3.8, 4) is 0 Å². The van der Waals surface area contributed by atoms with Gasteiger partial charge in [-0.2, -0.15) is 5.10 Å². The van der Waals surface area contributed by atoms with Crippen LogP contribution in [0.15, 0.2) is 52.2 Å². The van der Waals surface area contributed by atoms with Crippen LogP contribution in [0.5, 0.6) is 0 Å². The normalized spacial score (nSPS) is 20.7. The summed E-state index contributed by atoms with van der Waals surface area (Å²) in [6.45, 7) is 5.11. The maximum absolute atomic E-state index is 13.0. The molecule has 0 aliphatic carbocycles. The molecule has 2 aromatic rings. The molecule has 1 aromatic carbocycles. The molecule has 1 saturated heterocycles. The largest absolute Gasteiger partial charge is 0.463 e. The average Bonchev–Trinajstić information content (AvgIpc) is 3.36. The molecule has 0 spiro atoms. The number of hydrogen-bond donors (Lipinski definition) is 0. The smallest absolute Gasteiger partial charge is 0.244 e. The first kappa shape index (κ1) is 18.0. The monoisotopic (exact) mass is 365 g/mol. The Hall–Kier alpha value is -2.40. The fraction of sp³-hybridized carbons (Fsp3) is 0.455. The van der Waals surface area contributed by atoms with Gasteiger partial charge in [0, 0.05) is 19.4 Å². The van der Waals surface area contributed by atoms with Crippen LogP contribution in [-0.2, 0) is 4.79 Å². The second kappa shape index (κ2) is 8.09. The van der Waals surface area contributed by atoms with Gasteiger partial charge in [0.05, 0.1) is 12.3 Å². The molecule has 3 heterocycles. The van der Waals surface area contributed by atoms with E-state index in [1.807, 2.05) is 18.2 Å². The molecule has 1 amide bonds. The third-order valence-corrected chi connectivity index (χ3v) is 5.49. The van der Waals surface area contributed by atoms with Gasteiger partial charge in [-0.05, 0) is 50.6 Å². The maximum atomic E-state index is 13.0. The Kier molecular flexibility index (Phi) is 5.39. The van der Waals surface area contributed by atoms with Gasteiger partial charge < -0.3 is 9.32 Å². The lowest BCUT2D eigenvalue weighted by atomic mass is 9.99. The van der Waals surface area contributed by atoms with Crippen LogP contribution in [0.2, 0.25) is 0 Å². The first-order valence-corrected chi connectivity index (χ1v) is 9.93. The van der Waals surface area contributed by atoms with E-state index in [-0.39, 0.29) is 11.9 Å². The van der Waals surface area contributed by atoms with Crippen LogP contribution in [0, 0.1) is 6.92 Å². The van der Waals surface area contributed by atoms with Crippen LogP contribution < -0.4 is 0 Å². The standard InChI is InChI=1S/C22H27N3O2/c1-17-7-5-8-18(15-17)20-16-19(21-9-6-14-27-21)23-25(20)22(26)10-13-24-11-3-2-4-12-24/h5-9,14-15,20H,2-4,10-13,16H2,1H3/t20-/m1/s1. The molecule has 27 heavy (non-hydrogen) atoms.